The maximum atomic E-state index is 13.1. The Bertz CT molecular complexity index is 1380. The van der Waals surface area contributed by atoms with Gasteiger partial charge in [-0.1, -0.05) is 59.8 Å². The molecule has 3 aromatic carbocycles. The number of hydrogen-bond donors (Lipinski definition) is 0. The summed E-state index contributed by atoms with van der Waals surface area (Å²) >= 11 is 0. The maximum absolute atomic E-state index is 13.1. The lowest BCUT2D eigenvalue weighted by Gasteiger charge is -2.22. The van der Waals surface area contributed by atoms with Gasteiger partial charge in [0.2, 0.25) is 0 Å². The van der Waals surface area contributed by atoms with Gasteiger partial charge in [-0.05, 0) is 35.4 Å². The van der Waals surface area contributed by atoms with E-state index in [0.717, 1.165) is 22.6 Å². The number of benzene rings is 3. The molecule has 1 amide bonds. The molecule has 0 fully saturated rings. The highest BCUT2D eigenvalue weighted by Crippen LogP contribution is 2.33. The number of hydrogen-bond acceptors (Lipinski definition) is 7. The van der Waals surface area contributed by atoms with Crippen LogP contribution in [0.5, 0.6) is 5.75 Å². The lowest BCUT2D eigenvalue weighted by Crippen LogP contribution is -2.32. The molecule has 2 heterocycles. The average molecular weight is 470 g/mol. The maximum Gasteiger partial charge on any atom is 0.328 e. The van der Waals surface area contributed by atoms with Crippen molar-refractivity contribution >= 4 is 28.6 Å². The van der Waals surface area contributed by atoms with Crippen LogP contribution in [-0.4, -0.2) is 51.3 Å². The van der Waals surface area contributed by atoms with Crippen molar-refractivity contribution < 1.29 is 19.1 Å². The summed E-state index contributed by atoms with van der Waals surface area (Å²) in [7, 11) is 1.60. The van der Waals surface area contributed by atoms with Gasteiger partial charge in [-0.25, -0.2) is 9.69 Å². The standard InChI is InChI=1S/C26H23N5O4/c1-34-20-13-11-19(12-14-20)24-15-22(18-7-3-2-4-8-18)28-31(24)25(32)17-35-26(33)16-30-23-10-6-5-9-21(23)27-29-30/h2-14,24H,15-17H2,1H3. The topological polar surface area (TPSA) is 98.9 Å². The SMILES string of the molecule is COc1ccc(C2CC(c3ccccc3)=NN2C(=O)COC(=O)Cn2nnc3ccccc32)cc1. The molecule has 0 radical (unpaired) electrons. The Kier molecular flexibility index (Phi) is 6.21. The minimum atomic E-state index is -0.582. The molecule has 1 unspecified atom stereocenters. The smallest absolute Gasteiger partial charge is 0.328 e. The minimum absolute atomic E-state index is 0.145. The fourth-order valence-electron chi connectivity index (χ4n) is 4.04. The number of fused-ring (bicyclic) bond motifs is 1. The van der Waals surface area contributed by atoms with E-state index in [4.69, 9.17) is 9.47 Å². The average Bonchev–Trinajstić information content (AvgIpc) is 3.53. The van der Waals surface area contributed by atoms with Crippen LogP contribution < -0.4 is 4.74 Å². The van der Waals surface area contributed by atoms with Crippen LogP contribution in [0.2, 0.25) is 0 Å². The summed E-state index contributed by atoms with van der Waals surface area (Å²) in [4.78, 5) is 25.6. The van der Waals surface area contributed by atoms with Crippen molar-refractivity contribution in [2.45, 2.75) is 19.0 Å². The van der Waals surface area contributed by atoms with Gasteiger partial charge in [-0.3, -0.25) is 9.59 Å². The lowest BCUT2D eigenvalue weighted by atomic mass is 9.98. The van der Waals surface area contributed by atoms with Gasteiger partial charge in [0.05, 0.1) is 24.4 Å². The van der Waals surface area contributed by atoms with Crippen molar-refractivity contribution in [3.63, 3.8) is 0 Å². The van der Waals surface area contributed by atoms with Gasteiger partial charge in [0.25, 0.3) is 5.91 Å². The molecule has 35 heavy (non-hydrogen) atoms. The van der Waals surface area contributed by atoms with E-state index in [-0.39, 0.29) is 12.6 Å². The largest absolute Gasteiger partial charge is 0.497 e. The number of rotatable bonds is 7. The first kappa shape index (κ1) is 22.3. The molecule has 5 rings (SSSR count). The summed E-state index contributed by atoms with van der Waals surface area (Å²) in [5.41, 5.74) is 4.04. The van der Waals surface area contributed by atoms with Crippen LogP contribution in [0, 0.1) is 0 Å². The molecule has 9 nitrogen and oxygen atoms in total. The van der Waals surface area contributed by atoms with Crippen LogP contribution in [0.3, 0.4) is 0 Å². The number of carbonyl (C=O) groups is 2. The van der Waals surface area contributed by atoms with E-state index < -0.39 is 18.5 Å². The van der Waals surface area contributed by atoms with Crippen LogP contribution >= 0.6 is 0 Å². The van der Waals surface area contributed by atoms with Crippen molar-refractivity contribution in [3.05, 3.63) is 90.0 Å². The monoisotopic (exact) mass is 469 g/mol. The first-order chi connectivity index (χ1) is 17.1. The van der Waals surface area contributed by atoms with Crippen molar-refractivity contribution in [2.24, 2.45) is 5.10 Å². The predicted octanol–water partition coefficient (Wildman–Crippen LogP) is 3.36. The minimum Gasteiger partial charge on any atom is -0.497 e. The summed E-state index contributed by atoms with van der Waals surface area (Å²) in [6, 6.07) is 24.2. The molecule has 176 valence electrons. The summed E-state index contributed by atoms with van der Waals surface area (Å²) in [5, 5.41) is 14.0. The molecule has 0 bridgehead atoms. The van der Waals surface area contributed by atoms with E-state index >= 15 is 0 Å². The summed E-state index contributed by atoms with van der Waals surface area (Å²) in [5.74, 6) is -0.265. The molecule has 0 aliphatic carbocycles. The Balaban J connectivity index is 1.30. The van der Waals surface area contributed by atoms with Gasteiger partial charge in [0.15, 0.2) is 6.61 Å². The number of nitrogens with zero attached hydrogens (tertiary/aromatic N) is 5. The predicted molar refractivity (Wildman–Crippen MR) is 129 cm³/mol. The van der Waals surface area contributed by atoms with Crippen molar-refractivity contribution in [2.75, 3.05) is 13.7 Å². The second-order valence-electron chi connectivity index (χ2n) is 8.04. The number of carbonyl (C=O) groups excluding carboxylic acids is 2. The number of para-hydroxylation sites is 1. The molecule has 1 aliphatic rings. The molecular weight excluding hydrogens is 446 g/mol. The summed E-state index contributed by atoms with van der Waals surface area (Å²) < 4.78 is 12.0. The summed E-state index contributed by atoms with van der Waals surface area (Å²) in [6.07, 6.45) is 0.543. The van der Waals surface area contributed by atoms with E-state index in [0.29, 0.717) is 17.5 Å². The molecule has 1 aliphatic heterocycles. The Labute approximate surface area is 201 Å². The zero-order valence-electron chi connectivity index (χ0n) is 19.1. The van der Waals surface area contributed by atoms with Gasteiger partial charge in [0.1, 0.15) is 17.8 Å². The second-order valence-corrected chi connectivity index (χ2v) is 8.04. The number of hydrazone groups is 1. The molecular formula is C26H23N5O4. The molecule has 0 spiro atoms. The highest BCUT2D eigenvalue weighted by Gasteiger charge is 2.33. The van der Waals surface area contributed by atoms with Crippen molar-refractivity contribution in [1.29, 1.82) is 0 Å². The van der Waals surface area contributed by atoms with Crippen LogP contribution in [0.1, 0.15) is 23.6 Å². The second kappa shape index (κ2) is 9.76. The summed E-state index contributed by atoms with van der Waals surface area (Å²) in [6.45, 7) is -0.572. The molecule has 9 heteroatoms. The van der Waals surface area contributed by atoms with Crippen LogP contribution in [-0.2, 0) is 20.9 Å². The van der Waals surface area contributed by atoms with Gasteiger partial charge in [-0.2, -0.15) is 5.10 Å². The Morgan fingerprint density at radius 2 is 1.71 bits per heavy atom. The normalized spacial score (nSPS) is 15.2. The van der Waals surface area contributed by atoms with E-state index in [1.807, 2.05) is 78.9 Å². The Hall–Kier alpha value is -4.53. The van der Waals surface area contributed by atoms with E-state index in [9.17, 15) is 9.59 Å². The number of aromatic nitrogens is 3. The highest BCUT2D eigenvalue weighted by molar-refractivity contribution is 6.03. The quantitative estimate of drug-likeness (QED) is 0.385. The third-order valence-electron chi connectivity index (χ3n) is 5.83. The third-order valence-corrected chi connectivity index (χ3v) is 5.83. The van der Waals surface area contributed by atoms with Crippen LogP contribution in [0.15, 0.2) is 84.0 Å². The van der Waals surface area contributed by atoms with Gasteiger partial charge < -0.3 is 9.47 Å². The Morgan fingerprint density at radius 1 is 0.971 bits per heavy atom. The number of amides is 1. The third kappa shape index (κ3) is 4.74. The fourth-order valence-corrected chi connectivity index (χ4v) is 4.04. The molecule has 0 saturated heterocycles. The van der Waals surface area contributed by atoms with Gasteiger partial charge in [-0.15, -0.1) is 5.10 Å². The van der Waals surface area contributed by atoms with Gasteiger partial charge in [0, 0.05) is 6.42 Å². The number of esters is 1. The molecule has 4 aromatic rings. The molecule has 0 N–H and O–H groups in total. The van der Waals surface area contributed by atoms with Crippen molar-refractivity contribution in [1.82, 2.24) is 20.0 Å². The fraction of sp³-hybridized carbons (Fsp3) is 0.192. The van der Waals surface area contributed by atoms with Crippen LogP contribution in [0.4, 0.5) is 0 Å². The van der Waals surface area contributed by atoms with E-state index in [1.54, 1.807) is 7.11 Å². The number of ether oxygens (including phenoxy) is 2. The van der Waals surface area contributed by atoms with Gasteiger partial charge >= 0.3 is 5.97 Å². The zero-order valence-corrected chi connectivity index (χ0v) is 19.1. The molecule has 0 saturated carbocycles. The van der Waals surface area contributed by atoms with Crippen molar-refractivity contribution in [3.8, 4) is 5.75 Å². The van der Waals surface area contributed by atoms with Crippen LogP contribution in [0.25, 0.3) is 11.0 Å². The number of methoxy groups -OCH3 is 1. The van der Waals surface area contributed by atoms with E-state index in [2.05, 4.69) is 15.4 Å². The first-order valence-electron chi connectivity index (χ1n) is 11.1. The molecule has 1 aromatic heterocycles. The first-order valence-corrected chi connectivity index (χ1v) is 11.1. The van der Waals surface area contributed by atoms with E-state index in [1.165, 1.54) is 9.69 Å². The zero-order chi connectivity index (χ0) is 24.2. The Morgan fingerprint density at radius 3 is 2.49 bits per heavy atom. The lowest BCUT2D eigenvalue weighted by molar-refractivity contribution is -0.153. The highest BCUT2D eigenvalue weighted by atomic mass is 16.5. The molecule has 1 atom stereocenters.